The van der Waals surface area contributed by atoms with Gasteiger partial charge in [-0.2, -0.15) is 0 Å². The average Bonchev–Trinajstić information content (AvgIpc) is 3.03. The lowest BCUT2D eigenvalue weighted by molar-refractivity contribution is 0.617. The van der Waals surface area contributed by atoms with E-state index in [-0.39, 0.29) is 10.8 Å². The largest absolute Gasteiger partial charge is 0.206 e. The van der Waals surface area contributed by atoms with Crippen molar-refractivity contribution in [1.82, 2.24) is 0 Å². The van der Waals surface area contributed by atoms with Gasteiger partial charge in [0.25, 0.3) is 0 Å². The Morgan fingerprint density at radius 3 is 2.44 bits per heavy atom. The predicted molar refractivity (Wildman–Crippen MR) is 108 cm³/mol. The van der Waals surface area contributed by atoms with Crippen molar-refractivity contribution < 1.29 is 8.78 Å². The van der Waals surface area contributed by atoms with Gasteiger partial charge in [0, 0.05) is 17.5 Å². The third-order valence-corrected chi connectivity index (χ3v) is 5.68. The van der Waals surface area contributed by atoms with E-state index in [9.17, 15) is 4.39 Å². The van der Waals surface area contributed by atoms with Gasteiger partial charge in [-0.15, -0.1) is 0 Å². The van der Waals surface area contributed by atoms with Gasteiger partial charge in [-0.3, -0.25) is 0 Å². The summed E-state index contributed by atoms with van der Waals surface area (Å²) in [5.41, 5.74) is 6.17. The maximum absolute atomic E-state index is 15.3. The van der Waals surface area contributed by atoms with Gasteiger partial charge in [0.2, 0.25) is 0 Å². The van der Waals surface area contributed by atoms with Crippen LogP contribution >= 0.6 is 11.6 Å². The summed E-state index contributed by atoms with van der Waals surface area (Å²) >= 11 is 5.75. The van der Waals surface area contributed by atoms with Crippen LogP contribution in [0.5, 0.6) is 0 Å². The Kier molecular flexibility index (Phi) is 5.01. The number of fused-ring (bicyclic) bond motifs is 3. The van der Waals surface area contributed by atoms with Crippen LogP contribution < -0.4 is 0 Å². The fourth-order valence-corrected chi connectivity index (χ4v) is 4.03. The third kappa shape index (κ3) is 3.39. The van der Waals surface area contributed by atoms with Gasteiger partial charge < -0.3 is 0 Å². The second kappa shape index (κ2) is 7.44. The average molecular weight is 383 g/mol. The zero-order valence-corrected chi connectivity index (χ0v) is 16.0. The molecule has 0 saturated heterocycles. The highest BCUT2D eigenvalue weighted by atomic mass is 35.5. The molecule has 0 saturated carbocycles. The molecule has 3 heteroatoms. The van der Waals surface area contributed by atoms with Crippen LogP contribution in [0.25, 0.3) is 22.3 Å². The third-order valence-electron chi connectivity index (χ3n) is 5.37. The topological polar surface area (TPSA) is 0 Å². The first kappa shape index (κ1) is 18.2. The number of hydrogen-bond acceptors (Lipinski definition) is 0. The molecular formula is C24H21ClF2. The molecule has 0 aliphatic heterocycles. The van der Waals surface area contributed by atoms with E-state index in [0.29, 0.717) is 23.1 Å². The quantitative estimate of drug-likeness (QED) is 0.312. The first-order valence-corrected chi connectivity index (χ1v) is 9.85. The van der Waals surface area contributed by atoms with Crippen LogP contribution in [0.1, 0.15) is 42.9 Å². The van der Waals surface area contributed by atoms with Crippen LogP contribution in [0.15, 0.2) is 48.5 Å². The fraction of sp³-hybridized carbons (Fsp3) is 0.250. The van der Waals surface area contributed by atoms with Gasteiger partial charge in [0.05, 0.1) is 5.02 Å². The normalized spacial score (nSPS) is 12.1. The molecule has 0 nitrogen and oxygen atoms in total. The van der Waals surface area contributed by atoms with Crippen LogP contribution in [0.4, 0.5) is 8.78 Å². The minimum atomic E-state index is -0.533. The minimum absolute atomic E-state index is 0.0447. The lowest BCUT2D eigenvalue weighted by Gasteiger charge is -2.09. The molecular weight excluding hydrogens is 362 g/mol. The van der Waals surface area contributed by atoms with Crippen LogP contribution in [-0.4, -0.2) is 0 Å². The molecule has 0 amide bonds. The minimum Gasteiger partial charge on any atom is -0.206 e. The Morgan fingerprint density at radius 1 is 0.889 bits per heavy atom. The van der Waals surface area contributed by atoms with Crippen LogP contribution in [-0.2, 0) is 12.8 Å². The monoisotopic (exact) mass is 382 g/mol. The standard InChI is InChI=1S/C24H21ClF2/c1-2-3-4-5-15-6-8-18-17(12-15)13-21-20(18)10-9-19(24(21)27)16-7-11-22(25)23(26)14-16/h6-12,14H,2-5,13H2,1H3. The number of hydrogen-bond donors (Lipinski definition) is 0. The maximum Gasteiger partial charge on any atom is 0.142 e. The molecule has 0 heterocycles. The number of benzene rings is 3. The summed E-state index contributed by atoms with van der Waals surface area (Å²) in [4.78, 5) is 0. The number of aryl methyl sites for hydroxylation is 1. The molecule has 1 aliphatic rings. The van der Waals surface area contributed by atoms with Crippen molar-refractivity contribution in [2.45, 2.75) is 39.0 Å². The summed E-state index contributed by atoms with van der Waals surface area (Å²) in [5, 5.41) is 0.0447. The molecule has 1 aliphatic carbocycles. The van der Waals surface area contributed by atoms with Crippen LogP contribution in [0.2, 0.25) is 5.02 Å². The van der Waals surface area contributed by atoms with E-state index >= 15 is 4.39 Å². The first-order valence-electron chi connectivity index (χ1n) is 9.47. The highest BCUT2D eigenvalue weighted by Gasteiger charge is 2.24. The number of halogens is 3. The highest BCUT2D eigenvalue weighted by Crippen LogP contribution is 2.41. The smallest absolute Gasteiger partial charge is 0.142 e. The summed E-state index contributed by atoms with van der Waals surface area (Å²) in [6, 6.07) is 14.6. The van der Waals surface area contributed by atoms with Gasteiger partial charge in [-0.1, -0.05) is 67.8 Å². The molecule has 0 aromatic heterocycles. The number of unbranched alkanes of at least 4 members (excludes halogenated alkanes) is 2. The summed E-state index contributed by atoms with van der Waals surface area (Å²) in [6.45, 7) is 2.20. The molecule has 138 valence electrons. The van der Waals surface area contributed by atoms with Gasteiger partial charge in [0.15, 0.2) is 0 Å². The van der Waals surface area contributed by atoms with E-state index in [1.54, 1.807) is 12.1 Å². The van der Waals surface area contributed by atoms with E-state index in [0.717, 1.165) is 17.5 Å². The van der Waals surface area contributed by atoms with Crippen molar-refractivity contribution in [3.05, 3.63) is 81.9 Å². The van der Waals surface area contributed by atoms with Gasteiger partial charge in [-0.05, 0) is 52.8 Å². The van der Waals surface area contributed by atoms with E-state index in [4.69, 9.17) is 11.6 Å². The van der Waals surface area contributed by atoms with Crippen molar-refractivity contribution in [2.75, 3.05) is 0 Å². The Morgan fingerprint density at radius 2 is 1.67 bits per heavy atom. The molecule has 0 atom stereocenters. The molecule has 0 spiro atoms. The van der Waals surface area contributed by atoms with E-state index in [2.05, 4.69) is 25.1 Å². The molecule has 0 radical (unpaired) electrons. The zero-order chi connectivity index (χ0) is 19.0. The van der Waals surface area contributed by atoms with Crippen LogP contribution in [0.3, 0.4) is 0 Å². The molecule has 3 aromatic rings. The fourth-order valence-electron chi connectivity index (χ4n) is 3.91. The Hall–Kier alpha value is -2.19. The molecule has 0 N–H and O–H groups in total. The molecule has 0 fully saturated rings. The zero-order valence-electron chi connectivity index (χ0n) is 15.3. The van der Waals surface area contributed by atoms with Crippen molar-refractivity contribution in [3.63, 3.8) is 0 Å². The van der Waals surface area contributed by atoms with Crippen molar-refractivity contribution in [1.29, 1.82) is 0 Å². The van der Waals surface area contributed by atoms with E-state index in [1.165, 1.54) is 42.5 Å². The summed E-state index contributed by atoms with van der Waals surface area (Å²) in [5.74, 6) is -0.799. The first-order chi connectivity index (χ1) is 13.1. The molecule has 0 bridgehead atoms. The lowest BCUT2D eigenvalue weighted by atomic mass is 9.97. The summed E-state index contributed by atoms with van der Waals surface area (Å²) in [6.07, 6.45) is 5.27. The summed E-state index contributed by atoms with van der Waals surface area (Å²) in [7, 11) is 0. The summed E-state index contributed by atoms with van der Waals surface area (Å²) < 4.78 is 29.1. The van der Waals surface area contributed by atoms with E-state index in [1.807, 2.05) is 6.07 Å². The molecule has 3 aromatic carbocycles. The number of rotatable bonds is 5. The van der Waals surface area contributed by atoms with Crippen molar-refractivity contribution >= 4 is 11.6 Å². The predicted octanol–water partition coefficient (Wildman–Crippen LogP) is 7.59. The highest BCUT2D eigenvalue weighted by molar-refractivity contribution is 6.30. The second-order valence-corrected chi connectivity index (χ2v) is 7.61. The van der Waals surface area contributed by atoms with E-state index < -0.39 is 5.82 Å². The van der Waals surface area contributed by atoms with Crippen molar-refractivity contribution in [3.8, 4) is 22.3 Å². The van der Waals surface area contributed by atoms with Crippen molar-refractivity contribution in [2.24, 2.45) is 0 Å². The van der Waals surface area contributed by atoms with Gasteiger partial charge in [-0.25, -0.2) is 8.78 Å². The second-order valence-electron chi connectivity index (χ2n) is 7.21. The van der Waals surface area contributed by atoms with Crippen LogP contribution in [0, 0.1) is 11.6 Å². The lowest BCUT2D eigenvalue weighted by Crippen LogP contribution is -1.93. The Balaban J connectivity index is 1.68. The Bertz CT molecular complexity index is 1010. The SMILES string of the molecule is CCCCCc1ccc2c(c1)Cc1c-2ccc(-c2ccc(Cl)c(F)c2)c1F. The van der Waals surface area contributed by atoms with Gasteiger partial charge >= 0.3 is 0 Å². The molecule has 0 unspecified atom stereocenters. The molecule has 4 rings (SSSR count). The molecule has 27 heavy (non-hydrogen) atoms. The maximum atomic E-state index is 15.3. The Labute approximate surface area is 163 Å². The van der Waals surface area contributed by atoms with Gasteiger partial charge in [0.1, 0.15) is 11.6 Å².